The lowest BCUT2D eigenvalue weighted by molar-refractivity contribution is 0.231. The number of nitrogens with two attached hydrogens (primary N) is 1. The number of methoxy groups -OCH3 is 1. The minimum Gasteiger partial charge on any atom is -0.497 e. The molecule has 0 unspecified atom stereocenters. The van der Waals surface area contributed by atoms with Crippen molar-refractivity contribution in [3.05, 3.63) is 76.7 Å². The first-order valence-corrected chi connectivity index (χ1v) is 13.5. The molecule has 0 fully saturated rings. The molecule has 8 nitrogen and oxygen atoms in total. The van der Waals surface area contributed by atoms with Crippen molar-refractivity contribution in [2.24, 2.45) is 4.99 Å². The van der Waals surface area contributed by atoms with E-state index < -0.39 is 6.03 Å². The van der Waals surface area contributed by atoms with Gasteiger partial charge in [-0.1, -0.05) is 97.3 Å². The fourth-order valence-electron chi connectivity index (χ4n) is 3.17. The molecule has 0 saturated heterocycles. The number of halogens is 1. The van der Waals surface area contributed by atoms with Crippen LogP contribution in [0, 0.1) is 5.41 Å². The van der Waals surface area contributed by atoms with E-state index in [1.807, 2.05) is 85.7 Å². The van der Waals surface area contributed by atoms with Crippen molar-refractivity contribution in [1.82, 2.24) is 14.5 Å². The minimum absolute atomic E-state index is 0.0366. The van der Waals surface area contributed by atoms with Crippen LogP contribution in [0.5, 0.6) is 5.75 Å². The van der Waals surface area contributed by atoms with Gasteiger partial charge in [0.1, 0.15) is 23.0 Å². The maximum Gasteiger partial charge on any atom is 0.350 e. The highest BCUT2D eigenvalue weighted by Crippen LogP contribution is 2.23. The lowest BCUT2D eigenvalue weighted by Crippen LogP contribution is -2.32. The summed E-state index contributed by atoms with van der Waals surface area (Å²) in [6.07, 6.45) is 1.56. The standard InChI is InChI=1S/C21H19ClN6O2.4C2H6/c1-30-15-8-6-13(7-9-15)10-28-20(24)18(26-21(28)29)17-19(23)27(12-25-17)11-14-4-2-3-5-16(14)22;4*1-2/h2-9,12,24H,10-11,23H2,1H3;4*1-2H3. The van der Waals surface area contributed by atoms with Crippen molar-refractivity contribution in [3.63, 3.8) is 0 Å². The summed E-state index contributed by atoms with van der Waals surface area (Å²) in [5, 5.41) is 9.07. The van der Waals surface area contributed by atoms with Gasteiger partial charge in [0.2, 0.25) is 0 Å². The number of nitrogens with one attached hydrogen (secondary N) is 1. The number of carbonyl (C=O) groups is 1. The molecule has 0 saturated carbocycles. The highest BCUT2D eigenvalue weighted by Gasteiger charge is 2.33. The molecule has 9 heteroatoms. The zero-order chi connectivity index (χ0) is 29.3. The molecule has 3 N–H and O–H groups in total. The molecular weight excluding hydrogens is 500 g/mol. The van der Waals surface area contributed by atoms with Crippen LogP contribution in [0.15, 0.2) is 59.9 Å². The van der Waals surface area contributed by atoms with E-state index in [2.05, 4.69) is 9.98 Å². The number of amides is 2. The Morgan fingerprint density at radius 3 is 2.05 bits per heavy atom. The van der Waals surface area contributed by atoms with Gasteiger partial charge in [0.15, 0.2) is 5.84 Å². The van der Waals surface area contributed by atoms with Gasteiger partial charge < -0.3 is 15.0 Å². The zero-order valence-corrected chi connectivity index (χ0v) is 24.9. The summed E-state index contributed by atoms with van der Waals surface area (Å²) in [4.78, 5) is 22.0. The van der Waals surface area contributed by atoms with Gasteiger partial charge in [-0.15, -0.1) is 0 Å². The number of hydrogen-bond donors (Lipinski definition) is 2. The number of hydrogen-bond acceptors (Lipinski definition) is 5. The van der Waals surface area contributed by atoms with Crippen LogP contribution >= 0.6 is 11.6 Å². The number of ether oxygens (including phenoxy) is 1. The quantitative estimate of drug-likeness (QED) is 0.332. The van der Waals surface area contributed by atoms with Crippen molar-refractivity contribution in [2.75, 3.05) is 12.8 Å². The molecule has 2 amide bonds. The predicted molar refractivity (Wildman–Crippen MR) is 161 cm³/mol. The van der Waals surface area contributed by atoms with Crippen molar-refractivity contribution in [2.45, 2.75) is 68.5 Å². The van der Waals surface area contributed by atoms with E-state index >= 15 is 0 Å². The van der Waals surface area contributed by atoms with E-state index in [9.17, 15) is 4.79 Å². The van der Waals surface area contributed by atoms with Crippen molar-refractivity contribution in [3.8, 4) is 5.75 Å². The number of carbonyl (C=O) groups excluding carboxylic acids is 1. The average molecular weight is 543 g/mol. The SMILES string of the molecule is CC.CC.CC.CC.COc1ccc(CN2C(=N)C(c3ncn(Cc4ccccc4Cl)c3N)=NC2=O)cc1. The molecule has 4 rings (SSSR count). The molecule has 0 spiro atoms. The molecule has 1 aliphatic heterocycles. The van der Waals surface area contributed by atoms with Crippen LogP contribution < -0.4 is 10.5 Å². The second-order valence-corrected chi connectivity index (χ2v) is 7.13. The Hall–Kier alpha value is -3.65. The number of anilines is 1. The van der Waals surface area contributed by atoms with Gasteiger partial charge in [0.05, 0.1) is 26.5 Å². The number of aliphatic imine (C=N–C) groups is 1. The third-order valence-corrected chi connectivity index (χ3v) is 5.20. The molecule has 0 radical (unpaired) electrons. The molecule has 0 aliphatic carbocycles. The van der Waals surface area contributed by atoms with Crippen molar-refractivity contribution >= 4 is 35.0 Å². The van der Waals surface area contributed by atoms with E-state index in [4.69, 9.17) is 27.5 Å². The van der Waals surface area contributed by atoms with E-state index in [0.29, 0.717) is 23.1 Å². The van der Waals surface area contributed by atoms with E-state index in [1.165, 1.54) is 4.90 Å². The topological polar surface area (TPSA) is 110 Å². The first-order chi connectivity index (χ1) is 18.5. The zero-order valence-electron chi connectivity index (χ0n) is 24.2. The Morgan fingerprint density at radius 2 is 1.50 bits per heavy atom. The molecule has 2 heterocycles. The maximum atomic E-state index is 12.4. The summed E-state index contributed by atoms with van der Waals surface area (Å²) in [6.45, 7) is 16.6. The Kier molecular flexibility index (Phi) is 16.8. The Bertz CT molecular complexity index is 1160. The predicted octanol–water partition coefficient (Wildman–Crippen LogP) is 7.68. The van der Waals surface area contributed by atoms with Crippen LogP contribution in [0.1, 0.15) is 72.2 Å². The number of urea groups is 1. The number of nitrogen functional groups attached to an aromatic ring is 1. The van der Waals surface area contributed by atoms with Gasteiger partial charge in [-0.2, -0.15) is 4.99 Å². The number of benzene rings is 2. The first-order valence-electron chi connectivity index (χ1n) is 13.1. The maximum absolute atomic E-state index is 12.4. The minimum atomic E-state index is -0.522. The average Bonchev–Trinajstić information content (AvgIpc) is 3.48. The summed E-state index contributed by atoms with van der Waals surface area (Å²) in [6, 6.07) is 14.2. The number of rotatable bonds is 6. The van der Waals surface area contributed by atoms with Gasteiger partial charge in [-0.3, -0.25) is 10.3 Å². The lowest BCUT2D eigenvalue weighted by Gasteiger charge is -2.15. The first kappa shape index (κ1) is 34.4. The molecule has 3 aromatic rings. The van der Waals surface area contributed by atoms with Gasteiger partial charge in [0, 0.05) is 5.02 Å². The molecule has 0 atom stereocenters. The van der Waals surface area contributed by atoms with E-state index in [1.54, 1.807) is 36.2 Å². The van der Waals surface area contributed by atoms with Crippen molar-refractivity contribution < 1.29 is 9.53 Å². The summed E-state index contributed by atoms with van der Waals surface area (Å²) in [5.41, 5.74) is 8.45. The highest BCUT2D eigenvalue weighted by molar-refractivity contribution is 6.52. The van der Waals surface area contributed by atoms with Crippen LogP contribution in [-0.2, 0) is 13.1 Å². The summed E-state index contributed by atoms with van der Waals surface area (Å²) in [7, 11) is 1.59. The van der Waals surface area contributed by atoms with Gasteiger partial charge in [-0.25, -0.2) is 9.78 Å². The number of amidine groups is 1. The molecule has 0 bridgehead atoms. The highest BCUT2D eigenvalue weighted by atomic mass is 35.5. The lowest BCUT2D eigenvalue weighted by atomic mass is 10.2. The third-order valence-electron chi connectivity index (χ3n) is 4.83. The fourth-order valence-corrected chi connectivity index (χ4v) is 3.36. The summed E-state index contributed by atoms with van der Waals surface area (Å²) in [5.74, 6) is 0.998. The Morgan fingerprint density at radius 1 is 0.921 bits per heavy atom. The fraction of sp³-hybridized carbons (Fsp3) is 0.379. The van der Waals surface area contributed by atoms with E-state index in [0.717, 1.165) is 16.9 Å². The van der Waals surface area contributed by atoms with Crippen LogP contribution in [0.25, 0.3) is 0 Å². The number of aromatic nitrogens is 2. The van der Waals surface area contributed by atoms with Crippen LogP contribution in [0.2, 0.25) is 5.02 Å². The Balaban J connectivity index is 0.00000157. The summed E-state index contributed by atoms with van der Waals surface area (Å²) >= 11 is 6.23. The Labute approximate surface area is 233 Å². The van der Waals surface area contributed by atoms with E-state index in [-0.39, 0.29) is 18.1 Å². The van der Waals surface area contributed by atoms with Gasteiger partial charge >= 0.3 is 6.03 Å². The van der Waals surface area contributed by atoms with Crippen LogP contribution in [0.4, 0.5) is 10.6 Å². The monoisotopic (exact) mass is 542 g/mol. The van der Waals surface area contributed by atoms with Crippen molar-refractivity contribution in [1.29, 1.82) is 5.41 Å². The largest absolute Gasteiger partial charge is 0.497 e. The number of imidazole rings is 1. The molecule has 208 valence electrons. The normalized spacial score (nSPS) is 11.4. The molecule has 1 aromatic heterocycles. The van der Waals surface area contributed by atoms with Crippen LogP contribution in [-0.4, -0.2) is 39.1 Å². The summed E-state index contributed by atoms with van der Waals surface area (Å²) < 4.78 is 6.85. The molecule has 38 heavy (non-hydrogen) atoms. The molecular formula is C29H43ClN6O2. The van der Waals surface area contributed by atoms with Crippen LogP contribution in [0.3, 0.4) is 0 Å². The second-order valence-electron chi connectivity index (χ2n) is 6.72. The van der Waals surface area contributed by atoms with Gasteiger partial charge in [0.25, 0.3) is 0 Å². The third kappa shape index (κ3) is 8.73. The molecule has 2 aromatic carbocycles. The smallest absolute Gasteiger partial charge is 0.350 e. The molecule has 1 aliphatic rings. The number of nitrogens with zero attached hydrogens (tertiary/aromatic N) is 4. The second kappa shape index (κ2) is 18.6. The van der Waals surface area contributed by atoms with Gasteiger partial charge in [-0.05, 0) is 29.3 Å².